The van der Waals surface area contributed by atoms with E-state index in [4.69, 9.17) is 0 Å². The molecule has 0 radical (unpaired) electrons. The summed E-state index contributed by atoms with van der Waals surface area (Å²) < 4.78 is 2.66. The Morgan fingerprint density at radius 1 is 1.29 bits per heavy atom. The Balaban J connectivity index is 1.75. The zero-order valence-corrected chi connectivity index (χ0v) is 12.3. The molecule has 98 valence electrons. The average molecular weight is 253 g/mol. The van der Waals surface area contributed by atoms with Gasteiger partial charge in [0.15, 0.2) is 0 Å². The molecule has 1 fully saturated rings. The molecule has 0 aromatic rings. The van der Waals surface area contributed by atoms with Crippen LogP contribution in [-0.2, 0) is 0 Å². The minimum absolute atomic E-state index is 0.857. The average Bonchev–Trinajstić information content (AvgIpc) is 3.14. The first-order valence-electron chi connectivity index (χ1n) is 7.41. The molecule has 0 heterocycles. The topological polar surface area (TPSA) is 3.24 Å². The van der Waals surface area contributed by atoms with E-state index in [0.717, 1.165) is 11.2 Å². The second kappa shape index (κ2) is 6.84. The van der Waals surface area contributed by atoms with E-state index in [0.29, 0.717) is 0 Å². The van der Waals surface area contributed by atoms with Crippen LogP contribution >= 0.6 is 11.9 Å². The molecule has 0 bridgehead atoms. The van der Waals surface area contributed by atoms with Crippen LogP contribution in [0.3, 0.4) is 0 Å². The smallest absolute Gasteiger partial charge is 0.0232 e. The van der Waals surface area contributed by atoms with Gasteiger partial charge in [0.1, 0.15) is 0 Å². The van der Waals surface area contributed by atoms with E-state index < -0.39 is 0 Å². The van der Waals surface area contributed by atoms with Crippen molar-refractivity contribution in [2.24, 2.45) is 5.92 Å². The van der Waals surface area contributed by atoms with Gasteiger partial charge in [0.25, 0.3) is 0 Å². The second-order valence-electron chi connectivity index (χ2n) is 5.55. The molecule has 0 aromatic heterocycles. The van der Waals surface area contributed by atoms with Crippen LogP contribution in [0.5, 0.6) is 0 Å². The molecule has 2 heteroatoms. The molecule has 1 nitrogen and oxygen atoms in total. The normalized spacial score (nSPS) is 25.1. The molecule has 0 saturated heterocycles. The highest BCUT2D eigenvalue weighted by atomic mass is 32.2. The third-order valence-electron chi connectivity index (χ3n) is 3.84. The summed E-state index contributed by atoms with van der Waals surface area (Å²) in [6, 6.07) is 0. The predicted molar refractivity (Wildman–Crippen MR) is 78.2 cm³/mol. The Labute approximate surface area is 111 Å². The Morgan fingerprint density at radius 2 is 2.12 bits per heavy atom. The molecule has 0 amide bonds. The number of nitrogens with zero attached hydrogens (tertiary/aromatic N) is 1. The highest BCUT2D eigenvalue weighted by Crippen LogP contribution is 2.35. The molecular weight excluding hydrogens is 226 g/mol. The quantitative estimate of drug-likeness (QED) is 0.480. The number of rotatable bonds is 7. The lowest BCUT2D eigenvalue weighted by Crippen LogP contribution is -2.24. The standard InChI is InChI=1S/C15H27NS/c1-3-11-16(12-14-5-6-14)17-15-9-7-13(4-2)8-10-15/h7,14-15H,3-6,8-12H2,1-2H3. The van der Waals surface area contributed by atoms with Crippen LogP contribution in [0.1, 0.15) is 58.8 Å². The van der Waals surface area contributed by atoms with Gasteiger partial charge in [-0.3, -0.25) is 4.31 Å². The van der Waals surface area contributed by atoms with Gasteiger partial charge >= 0.3 is 0 Å². The lowest BCUT2D eigenvalue weighted by atomic mass is 9.97. The van der Waals surface area contributed by atoms with E-state index in [1.54, 1.807) is 5.57 Å². The Bertz CT molecular complexity index is 258. The van der Waals surface area contributed by atoms with E-state index in [-0.39, 0.29) is 0 Å². The van der Waals surface area contributed by atoms with Gasteiger partial charge < -0.3 is 0 Å². The summed E-state index contributed by atoms with van der Waals surface area (Å²) in [4.78, 5) is 0. The van der Waals surface area contributed by atoms with Gasteiger partial charge in [0.05, 0.1) is 0 Å². The monoisotopic (exact) mass is 253 g/mol. The Hall–Kier alpha value is 0.0500. The van der Waals surface area contributed by atoms with Gasteiger partial charge in [0, 0.05) is 18.3 Å². The largest absolute Gasteiger partial charge is 0.250 e. The highest BCUT2D eigenvalue weighted by Gasteiger charge is 2.26. The van der Waals surface area contributed by atoms with Gasteiger partial charge in [-0.15, -0.1) is 0 Å². The first-order valence-corrected chi connectivity index (χ1v) is 8.25. The van der Waals surface area contributed by atoms with Crippen molar-refractivity contribution in [1.29, 1.82) is 0 Å². The predicted octanol–water partition coefficient (Wildman–Crippen LogP) is 4.65. The molecule has 0 N–H and O–H groups in total. The van der Waals surface area contributed by atoms with Crippen molar-refractivity contribution in [2.45, 2.75) is 64.0 Å². The minimum Gasteiger partial charge on any atom is -0.250 e. The van der Waals surface area contributed by atoms with Crippen molar-refractivity contribution < 1.29 is 0 Å². The van der Waals surface area contributed by atoms with Crippen molar-refractivity contribution >= 4 is 11.9 Å². The molecule has 17 heavy (non-hydrogen) atoms. The van der Waals surface area contributed by atoms with Crippen molar-refractivity contribution in [1.82, 2.24) is 4.31 Å². The summed E-state index contributed by atoms with van der Waals surface area (Å²) in [6.07, 6.45) is 12.1. The lowest BCUT2D eigenvalue weighted by molar-refractivity contribution is 0.442. The zero-order valence-electron chi connectivity index (χ0n) is 11.5. The highest BCUT2D eigenvalue weighted by molar-refractivity contribution is 7.97. The molecule has 0 spiro atoms. The van der Waals surface area contributed by atoms with Crippen LogP contribution in [0.2, 0.25) is 0 Å². The summed E-state index contributed by atoms with van der Waals surface area (Å²) in [6.45, 7) is 7.22. The first-order chi connectivity index (χ1) is 8.31. The summed E-state index contributed by atoms with van der Waals surface area (Å²) in [5, 5.41) is 0.857. The summed E-state index contributed by atoms with van der Waals surface area (Å²) >= 11 is 2.16. The van der Waals surface area contributed by atoms with Crippen LogP contribution in [0.15, 0.2) is 11.6 Å². The number of hydrogen-bond donors (Lipinski definition) is 0. The number of hydrogen-bond acceptors (Lipinski definition) is 2. The molecule has 1 unspecified atom stereocenters. The van der Waals surface area contributed by atoms with Crippen LogP contribution in [0.4, 0.5) is 0 Å². The van der Waals surface area contributed by atoms with E-state index in [2.05, 4.69) is 36.2 Å². The zero-order chi connectivity index (χ0) is 12.1. The van der Waals surface area contributed by atoms with Gasteiger partial charge in [-0.1, -0.05) is 37.4 Å². The van der Waals surface area contributed by atoms with Gasteiger partial charge in [-0.2, -0.15) is 0 Å². The van der Waals surface area contributed by atoms with Crippen molar-refractivity contribution in [3.8, 4) is 0 Å². The van der Waals surface area contributed by atoms with Crippen molar-refractivity contribution in [3.63, 3.8) is 0 Å². The molecule has 0 aromatic carbocycles. The van der Waals surface area contributed by atoms with Gasteiger partial charge in [-0.25, -0.2) is 0 Å². The Morgan fingerprint density at radius 3 is 2.65 bits per heavy atom. The summed E-state index contributed by atoms with van der Waals surface area (Å²) in [5.74, 6) is 1.03. The first kappa shape index (κ1) is 13.5. The second-order valence-corrected chi connectivity index (χ2v) is 6.94. The fourth-order valence-corrected chi connectivity index (χ4v) is 3.93. The maximum Gasteiger partial charge on any atom is 0.0232 e. The van der Waals surface area contributed by atoms with Gasteiger partial charge in [-0.05, 0) is 50.9 Å². The fourth-order valence-electron chi connectivity index (χ4n) is 2.52. The number of allylic oxidation sites excluding steroid dienone is 2. The molecule has 2 rings (SSSR count). The summed E-state index contributed by atoms with van der Waals surface area (Å²) in [7, 11) is 0. The molecule has 2 aliphatic rings. The molecule has 0 aliphatic heterocycles. The fraction of sp³-hybridized carbons (Fsp3) is 0.867. The maximum atomic E-state index is 2.66. The minimum atomic E-state index is 0.857. The molecule has 1 saturated carbocycles. The SMILES string of the molecule is CCCN(CC1CC1)SC1CC=C(CC)CC1. The maximum absolute atomic E-state index is 2.66. The van der Waals surface area contributed by atoms with E-state index in [9.17, 15) is 0 Å². The third kappa shape index (κ3) is 4.67. The van der Waals surface area contributed by atoms with Crippen LogP contribution < -0.4 is 0 Å². The molecule has 1 atom stereocenters. The van der Waals surface area contributed by atoms with E-state index in [1.165, 1.54) is 58.0 Å². The molecule has 2 aliphatic carbocycles. The third-order valence-corrected chi connectivity index (χ3v) is 5.20. The molecular formula is C15H27NS. The lowest BCUT2D eigenvalue weighted by Gasteiger charge is -2.28. The van der Waals surface area contributed by atoms with Crippen LogP contribution in [0.25, 0.3) is 0 Å². The van der Waals surface area contributed by atoms with Gasteiger partial charge in [0.2, 0.25) is 0 Å². The Kier molecular flexibility index (Phi) is 5.43. The van der Waals surface area contributed by atoms with Crippen LogP contribution in [-0.4, -0.2) is 22.6 Å². The van der Waals surface area contributed by atoms with Crippen molar-refractivity contribution in [2.75, 3.05) is 13.1 Å². The van der Waals surface area contributed by atoms with Crippen molar-refractivity contribution in [3.05, 3.63) is 11.6 Å². The van der Waals surface area contributed by atoms with E-state index in [1.807, 2.05) is 0 Å². The summed E-state index contributed by atoms with van der Waals surface area (Å²) in [5.41, 5.74) is 1.69. The van der Waals surface area contributed by atoms with E-state index >= 15 is 0 Å². The van der Waals surface area contributed by atoms with Crippen LogP contribution in [0, 0.1) is 5.92 Å².